The lowest BCUT2D eigenvalue weighted by Gasteiger charge is -2.16. The second-order valence-corrected chi connectivity index (χ2v) is 5.34. The molecule has 0 aliphatic rings. The Bertz CT molecular complexity index is 710. The van der Waals surface area contributed by atoms with Crippen LogP contribution in [-0.4, -0.2) is 27.4 Å². The van der Waals surface area contributed by atoms with Gasteiger partial charge in [-0.25, -0.2) is 0 Å². The highest BCUT2D eigenvalue weighted by Gasteiger charge is 2.15. The summed E-state index contributed by atoms with van der Waals surface area (Å²) < 4.78 is 46.1. The van der Waals surface area contributed by atoms with E-state index in [4.69, 9.17) is 14.2 Å². The summed E-state index contributed by atoms with van der Waals surface area (Å²) >= 11 is 0. The minimum Gasteiger partial charge on any atom is -0.497 e. The molecule has 0 aromatic heterocycles. The predicted molar refractivity (Wildman–Crippen MR) is 94.3 cm³/mol. The molecule has 2 aromatic rings. The van der Waals surface area contributed by atoms with Gasteiger partial charge in [-0.1, -0.05) is 18.2 Å². The fraction of sp³-hybridized carbons (Fsp3) is 0.368. The monoisotopic (exact) mass is 367 g/mol. The van der Waals surface area contributed by atoms with Crippen molar-refractivity contribution in [2.75, 3.05) is 20.8 Å². The smallest absolute Gasteiger partial charge is 0.387 e. The second-order valence-electron chi connectivity index (χ2n) is 5.34. The quantitative estimate of drug-likeness (QED) is 0.688. The Morgan fingerprint density at radius 1 is 0.962 bits per heavy atom. The fourth-order valence-corrected chi connectivity index (χ4v) is 2.52. The predicted octanol–water partition coefficient (Wildman–Crippen LogP) is 3.99. The number of hydrogen-bond acceptors (Lipinski definition) is 5. The first-order valence-electron chi connectivity index (χ1n) is 8.20. The van der Waals surface area contributed by atoms with Crippen molar-refractivity contribution in [1.82, 2.24) is 5.32 Å². The number of ether oxygens (including phenoxy) is 4. The first-order valence-corrected chi connectivity index (χ1v) is 8.20. The molecule has 0 atom stereocenters. The second kappa shape index (κ2) is 9.82. The van der Waals surface area contributed by atoms with Crippen molar-refractivity contribution in [1.29, 1.82) is 0 Å². The van der Waals surface area contributed by atoms with Crippen molar-refractivity contribution in [3.63, 3.8) is 0 Å². The minimum absolute atomic E-state index is 0.0542. The first-order chi connectivity index (χ1) is 12.6. The largest absolute Gasteiger partial charge is 0.497 e. The minimum atomic E-state index is -2.92. The van der Waals surface area contributed by atoms with Gasteiger partial charge in [0.2, 0.25) is 0 Å². The number of halogens is 2. The summed E-state index contributed by atoms with van der Waals surface area (Å²) in [4.78, 5) is 0. The maximum Gasteiger partial charge on any atom is 0.387 e. The van der Waals surface area contributed by atoms with E-state index in [2.05, 4.69) is 10.1 Å². The maximum atomic E-state index is 12.8. The third kappa shape index (κ3) is 5.23. The van der Waals surface area contributed by atoms with Crippen molar-refractivity contribution in [2.24, 2.45) is 0 Å². The third-order valence-corrected chi connectivity index (χ3v) is 3.69. The molecular formula is C19H23F2NO4. The van der Waals surface area contributed by atoms with Crippen LogP contribution in [0, 0.1) is 0 Å². The van der Waals surface area contributed by atoms with E-state index in [1.54, 1.807) is 45.4 Å². The van der Waals surface area contributed by atoms with E-state index in [1.165, 1.54) is 0 Å². The molecule has 5 nitrogen and oxygen atoms in total. The molecule has 0 fully saturated rings. The fourth-order valence-electron chi connectivity index (χ4n) is 2.52. The molecule has 0 saturated carbocycles. The van der Waals surface area contributed by atoms with Gasteiger partial charge in [-0.05, 0) is 19.1 Å². The number of benzene rings is 2. The summed E-state index contributed by atoms with van der Waals surface area (Å²) in [7, 11) is 3.17. The maximum absolute atomic E-state index is 12.8. The molecule has 1 N–H and O–H groups in total. The van der Waals surface area contributed by atoms with Crippen LogP contribution in [0.4, 0.5) is 8.78 Å². The summed E-state index contributed by atoms with van der Waals surface area (Å²) in [5, 5.41) is 3.21. The van der Waals surface area contributed by atoms with Crippen LogP contribution in [0.5, 0.6) is 23.0 Å². The van der Waals surface area contributed by atoms with Gasteiger partial charge >= 0.3 is 6.61 Å². The van der Waals surface area contributed by atoms with Gasteiger partial charge in [0.15, 0.2) is 11.5 Å². The van der Waals surface area contributed by atoms with E-state index in [0.29, 0.717) is 42.5 Å². The molecule has 0 heterocycles. The van der Waals surface area contributed by atoms with Crippen LogP contribution < -0.4 is 24.3 Å². The van der Waals surface area contributed by atoms with E-state index >= 15 is 0 Å². The number of alkyl halides is 2. The molecule has 0 spiro atoms. The molecular weight excluding hydrogens is 344 g/mol. The Kier molecular flexibility index (Phi) is 7.47. The van der Waals surface area contributed by atoms with E-state index in [9.17, 15) is 8.78 Å². The molecule has 0 aliphatic heterocycles. The van der Waals surface area contributed by atoms with Crippen LogP contribution in [0.15, 0.2) is 36.4 Å². The molecule has 0 radical (unpaired) electrons. The van der Waals surface area contributed by atoms with Crippen molar-refractivity contribution in [3.05, 3.63) is 47.5 Å². The molecule has 0 amide bonds. The summed E-state index contributed by atoms with van der Waals surface area (Å²) in [5.74, 6) is 1.74. The standard InChI is InChI=1S/C19H23F2NO4/c1-4-25-16-7-5-6-14(18(16)26-19(20)21)12-22-11-13-8-9-15(23-2)10-17(13)24-3/h5-10,19,22H,4,11-12H2,1-3H3. The normalized spacial score (nSPS) is 10.7. The molecule has 2 aromatic carbocycles. The zero-order chi connectivity index (χ0) is 18.9. The lowest BCUT2D eigenvalue weighted by atomic mass is 10.1. The Morgan fingerprint density at radius 3 is 2.38 bits per heavy atom. The topological polar surface area (TPSA) is 49.0 Å². The highest BCUT2D eigenvalue weighted by molar-refractivity contribution is 5.47. The highest BCUT2D eigenvalue weighted by Crippen LogP contribution is 2.33. The lowest BCUT2D eigenvalue weighted by molar-refractivity contribution is -0.0521. The van der Waals surface area contributed by atoms with E-state index in [-0.39, 0.29) is 5.75 Å². The van der Waals surface area contributed by atoms with Gasteiger partial charge in [-0.3, -0.25) is 0 Å². The molecule has 0 saturated heterocycles. The number of methoxy groups -OCH3 is 2. The van der Waals surface area contributed by atoms with Gasteiger partial charge < -0.3 is 24.3 Å². The average Bonchev–Trinajstić information content (AvgIpc) is 2.64. The van der Waals surface area contributed by atoms with E-state index < -0.39 is 6.61 Å². The number of nitrogens with one attached hydrogen (secondary N) is 1. The van der Waals surface area contributed by atoms with E-state index in [0.717, 1.165) is 5.56 Å². The summed E-state index contributed by atoms with van der Waals surface area (Å²) in [5.41, 5.74) is 1.51. The van der Waals surface area contributed by atoms with Crippen LogP contribution in [0.1, 0.15) is 18.1 Å². The lowest BCUT2D eigenvalue weighted by Crippen LogP contribution is -2.15. The van der Waals surface area contributed by atoms with Crippen molar-refractivity contribution in [2.45, 2.75) is 26.6 Å². The Balaban J connectivity index is 2.11. The number of para-hydroxylation sites is 1. The Morgan fingerprint density at radius 2 is 1.73 bits per heavy atom. The Hall–Kier alpha value is -2.54. The van der Waals surface area contributed by atoms with Gasteiger partial charge in [0.1, 0.15) is 11.5 Å². The number of hydrogen-bond donors (Lipinski definition) is 1. The summed E-state index contributed by atoms with van der Waals surface area (Å²) in [6.07, 6.45) is 0. The zero-order valence-corrected chi connectivity index (χ0v) is 15.1. The summed E-state index contributed by atoms with van der Waals surface area (Å²) in [6, 6.07) is 10.6. The van der Waals surface area contributed by atoms with Gasteiger partial charge in [0.05, 0.1) is 20.8 Å². The molecule has 0 bridgehead atoms. The van der Waals surface area contributed by atoms with Gasteiger partial charge in [0, 0.05) is 30.3 Å². The van der Waals surface area contributed by atoms with Crippen LogP contribution >= 0.6 is 0 Å². The zero-order valence-electron chi connectivity index (χ0n) is 15.1. The first kappa shape index (κ1) is 19.8. The SMILES string of the molecule is CCOc1cccc(CNCc2ccc(OC)cc2OC)c1OC(F)F. The van der Waals surface area contributed by atoms with Crippen LogP contribution in [0.25, 0.3) is 0 Å². The summed E-state index contributed by atoms with van der Waals surface area (Å²) in [6.45, 7) is 0.0437. The molecule has 2 rings (SSSR count). The average molecular weight is 367 g/mol. The Labute approximate surface area is 151 Å². The van der Waals surface area contributed by atoms with Crippen LogP contribution in [0.2, 0.25) is 0 Å². The molecule has 0 aliphatic carbocycles. The third-order valence-electron chi connectivity index (χ3n) is 3.69. The van der Waals surface area contributed by atoms with Gasteiger partial charge in [-0.2, -0.15) is 8.78 Å². The van der Waals surface area contributed by atoms with Gasteiger partial charge in [-0.15, -0.1) is 0 Å². The van der Waals surface area contributed by atoms with Crippen LogP contribution in [-0.2, 0) is 13.1 Å². The van der Waals surface area contributed by atoms with Crippen LogP contribution in [0.3, 0.4) is 0 Å². The van der Waals surface area contributed by atoms with Crippen molar-refractivity contribution < 1.29 is 27.7 Å². The van der Waals surface area contributed by atoms with Crippen molar-refractivity contribution >= 4 is 0 Å². The number of rotatable bonds is 10. The molecule has 7 heteroatoms. The van der Waals surface area contributed by atoms with Gasteiger partial charge in [0.25, 0.3) is 0 Å². The van der Waals surface area contributed by atoms with Crippen molar-refractivity contribution in [3.8, 4) is 23.0 Å². The van der Waals surface area contributed by atoms with E-state index in [1.807, 2.05) is 12.1 Å². The molecule has 142 valence electrons. The molecule has 26 heavy (non-hydrogen) atoms. The molecule has 0 unspecified atom stereocenters. The highest BCUT2D eigenvalue weighted by atomic mass is 19.3.